The summed E-state index contributed by atoms with van der Waals surface area (Å²) in [7, 11) is 1.61. The standard InChI is InChI=1S/C29H38FN7O5/c1-41-16-17-42-24-9-7-21(8-10-24)34-29-31-19-25(30)27(35-29)32-22-4-2-5-23(18-22)33-28(39)20-11-14-37(15-12-20)13-3-6-26(38)36-40/h2,4-5,7-10,18-20,26,36,38,40H,3,6,11-17H2,1H3,(H,33,39)(H2,31,32,34,35). The number of hydroxylamine groups is 1. The summed E-state index contributed by atoms with van der Waals surface area (Å²) in [6.45, 7) is 3.32. The van der Waals surface area contributed by atoms with Crippen LogP contribution in [0.5, 0.6) is 5.75 Å². The van der Waals surface area contributed by atoms with Crippen molar-refractivity contribution >= 4 is 34.7 Å². The zero-order valence-electron chi connectivity index (χ0n) is 23.6. The van der Waals surface area contributed by atoms with E-state index in [0.717, 1.165) is 45.1 Å². The molecule has 1 saturated heterocycles. The Kier molecular flexibility index (Phi) is 11.8. The molecule has 1 amide bonds. The number of benzene rings is 2. The summed E-state index contributed by atoms with van der Waals surface area (Å²) >= 11 is 0. The van der Waals surface area contributed by atoms with Crippen molar-refractivity contribution in [2.24, 2.45) is 5.92 Å². The third-order valence-corrected chi connectivity index (χ3v) is 6.86. The van der Waals surface area contributed by atoms with Gasteiger partial charge in [-0.25, -0.2) is 9.37 Å². The normalized spacial score (nSPS) is 14.8. The second-order valence-electron chi connectivity index (χ2n) is 9.98. The van der Waals surface area contributed by atoms with Crippen molar-refractivity contribution in [3.05, 3.63) is 60.5 Å². The molecule has 0 aliphatic carbocycles. The SMILES string of the molecule is COCCOc1ccc(Nc2ncc(F)c(Nc3cccc(NC(=O)C4CCN(CCCC(O)NO)CC4)c3)n2)cc1. The molecule has 6 N–H and O–H groups in total. The van der Waals surface area contributed by atoms with Crippen molar-refractivity contribution in [1.29, 1.82) is 0 Å². The maximum atomic E-state index is 14.6. The van der Waals surface area contributed by atoms with Crippen molar-refractivity contribution in [2.45, 2.75) is 31.9 Å². The lowest BCUT2D eigenvalue weighted by Gasteiger charge is -2.31. The number of carbonyl (C=O) groups excluding carboxylic acids is 1. The van der Waals surface area contributed by atoms with Gasteiger partial charge in [0.25, 0.3) is 0 Å². The number of nitrogens with one attached hydrogen (secondary N) is 4. The van der Waals surface area contributed by atoms with Crippen molar-refractivity contribution in [3.63, 3.8) is 0 Å². The molecule has 1 atom stereocenters. The van der Waals surface area contributed by atoms with Crippen LogP contribution in [-0.4, -0.2) is 77.3 Å². The largest absolute Gasteiger partial charge is 0.491 e. The third-order valence-electron chi connectivity index (χ3n) is 6.86. The quantitative estimate of drug-likeness (QED) is 0.0879. The van der Waals surface area contributed by atoms with E-state index in [0.29, 0.717) is 42.4 Å². The van der Waals surface area contributed by atoms with E-state index in [1.807, 2.05) is 5.48 Å². The number of methoxy groups -OCH3 is 1. The highest BCUT2D eigenvalue weighted by molar-refractivity contribution is 5.93. The predicted molar refractivity (Wildman–Crippen MR) is 157 cm³/mol. The minimum atomic E-state index is -0.918. The van der Waals surface area contributed by atoms with E-state index in [4.69, 9.17) is 14.7 Å². The summed E-state index contributed by atoms with van der Waals surface area (Å²) in [5.41, 5.74) is 3.70. The van der Waals surface area contributed by atoms with Crippen LogP contribution in [0.3, 0.4) is 0 Å². The van der Waals surface area contributed by atoms with Crippen LogP contribution in [0.15, 0.2) is 54.7 Å². The van der Waals surface area contributed by atoms with Crippen LogP contribution in [0.25, 0.3) is 0 Å². The number of aliphatic hydroxyl groups excluding tert-OH is 1. The maximum absolute atomic E-state index is 14.6. The van der Waals surface area contributed by atoms with Gasteiger partial charge in [-0.2, -0.15) is 10.5 Å². The Labute approximate surface area is 244 Å². The average molecular weight is 584 g/mol. The zero-order chi connectivity index (χ0) is 29.7. The number of anilines is 5. The summed E-state index contributed by atoms with van der Waals surface area (Å²) in [4.78, 5) is 23.5. The number of aromatic nitrogens is 2. The lowest BCUT2D eigenvalue weighted by molar-refractivity contribution is -0.121. The van der Waals surface area contributed by atoms with Crippen molar-refractivity contribution in [2.75, 3.05) is 55.9 Å². The molecule has 1 aliphatic rings. The summed E-state index contributed by atoms with van der Waals surface area (Å²) < 4.78 is 25.1. The minimum Gasteiger partial charge on any atom is -0.491 e. The monoisotopic (exact) mass is 583 g/mol. The number of piperidine rings is 1. The number of likely N-dealkylation sites (tertiary alicyclic amines) is 1. The average Bonchev–Trinajstić information content (AvgIpc) is 3.00. The number of aliphatic hydroxyl groups is 1. The van der Waals surface area contributed by atoms with E-state index in [1.54, 1.807) is 55.6 Å². The number of carbonyl (C=O) groups is 1. The van der Waals surface area contributed by atoms with Crippen LogP contribution in [0.2, 0.25) is 0 Å². The van der Waals surface area contributed by atoms with Crippen LogP contribution >= 0.6 is 0 Å². The van der Waals surface area contributed by atoms with Crippen LogP contribution in [0.1, 0.15) is 25.7 Å². The van der Waals surface area contributed by atoms with Gasteiger partial charge in [0, 0.05) is 30.1 Å². The Morgan fingerprint density at radius 1 is 1.10 bits per heavy atom. The smallest absolute Gasteiger partial charge is 0.229 e. The fraction of sp³-hybridized carbons (Fsp3) is 0.414. The fourth-order valence-electron chi connectivity index (χ4n) is 4.57. The van der Waals surface area contributed by atoms with Gasteiger partial charge in [0.2, 0.25) is 11.9 Å². The number of hydrogen-bond acceptors (Lipinski definition) is 11. The van der Waals surface area contributed by atoms with Gasteiger partial charge < -0.3 is 40.6 Å². The molecule has 0 radical (unpaired) electrons. The van der Waals surface area contributed by atoms with Gasteiger partial charge >= 0.3 is 0 Å². The molecule has 4 rings (SSSR count). The molecule has 1 aliphatic heterocycles. The number of halogens is 1. The molecular weight excluding hydrogens is 545 g/mol. The lowest BCUT2D eigenvalue weighted by atomic mass is 9.95. The van der Waals surface area contributed by atoms with Gasteiger partial charge in [-0.1, -0.05) is 6.07 Å². The molecule has 1 fully saturated rings. The molecule has 13 heteroatoms. The Bertz CT molecular complexity index is 1280. The van der Waals surface area contributed by atoms with Crippen molar-refractivity contribution < 1.29 is 29.0 Å². The first kappa shape index (κ1) is 31.1. The van der Waals surface area contributed by atoms with E-state index in [1.165, 1.54) is 0 Å². The molecular formula is C29H38FN7O5. The van der Waals surface area contributed by atoms with E-state index >= 15 is 0 Å². The van der Waals surface area contributed by atoms with Gasteiger partial charge in [-0.15, -0.1) is 0 Å². The molecule has 0 bridgehead atoms. The van der Waals surface area contributed by atoms with E-state index in [-0.39, 0.29) is 23.6 Å². The first-order chi connectivity index (χ1) is 20.4. The van der Waals surface area contributed by atoms with Gasteiger partial charge in [0.15, 0.2) is 11.6 Å². The van der Waals surface area contributed by atoms with Gasteiger partial charge in [0.05, 0.1) is 12.8 Å². The number of rotatable bonds is 15. The second-order valence-corrected chi connectivity index (χ2v) is 9.98. The van der Waals surface area contributed by atoms with Gasteiger partial charge in [-0.05, 0) is 87.8 Å². The Hall–Kier alpha value is -3.88. The molecule has 2 aromatic carbocycles. The molecule has 12 nitrogen and oxygen atoms in total. The maximum Gasteiger partial charge on any atom is 0.229 e. The number of ether oxygens (including phenoxy) is 2. The van der Waals surface area contributed by atoms with Crippen molar-refractivity contribution in [1.82, 2.24) is 20.3 Å². The van der Waals surface area contributed by atoms with Crippen LogP contribution in [0.4, 0.5) is 33.2 Å². The molecule has 42 heavy (non-hydrogen) atoms. The highest BCUT2D eigenvalue weighted by atomic mass is 19.1. The first-order valence-electron chi connectivity index (χ1n) is 13.9. The lowest BCUT2D eigenvalue weighted by Crippen LogP contribution is -2.39. The molecule has 1 unspecified atom stereocenters. The molecule has 226 valence electrons. The number of hydrogen-bond donors (Lipinski definition) is 6. The zero-order valence-corrected chi connectivity index (χ0v) is 23.6. The van der Waals surface area contributed by atoms with Crippen molar-refractivity contribution in [3.8, 4) is 5.75 Å². The fourth-order valence-corrected chi connectivity index (χ4v) is 4.57. The second kappa shape index (κ2) is 15.9. The Morgan fingerprint density at radius 3 is 2.60 bits per heavy atom. The third kappa shape index (κ3) is 9.60. The summed E-state index contributed by atoms with van der Waals surface area (Å²) in [6, 6.07) is 14.2. The minimum absolute atomic E-state index is 0.00911. The Balaban J connectivity index is 1.29. The number of nitrogens with zero attached hydrogens (tertiary/aromatic N) is 3. The number of amides is 1. The molecule has 0 saturated carbocycles. The van der Waals surface area contributed by atoms with Crippen LogP contribution in [0, 0.1) is 11.7 Å². The predicted octanol–water partition coefficient (Wildman–Crippen LogP) is 3.86. The topological polar surface area (TPSA) is 153 Å². The Morgan fingerprint density at radius 2 is 1.86 bits per heavy atom. The highest BCUT2D eigenvalue weighted by Crippen LogP contribution is 2.25. The van der Waals surface area contributed by atoms with Crippen LogP contribution in [-0.2, 0) is 9.53 Å². The van der Waals surface area contributed by atoms with Gasteiger partial charge in [0.1, 0.15) is 18.6 Å². The van der Waals surface area contributed by atoms with Gasteiger partial charge in [-0.3, -0.25) is 4.79 Å². The van der Waals surface area contributed by atoms with Crippen LogP contribution < -0.4 is 26.2 Å². The molecule has 2 heterocycles. The summed E-state index contributed by atoms with van der Waals surface area (Å²) in [5.74, 6) is 0.116. The summed E-state index contributed by atoms with van der Waals surface area (Å²) in [6.07, 6.45) is 2.83. The first-order valence-corrected chi connectivity index (χ1v) is 13.9. The molecule has 3 aromatic rings. The summed E-state index contributed by atoms with van der Waals surface area (Å²) in [5, 5.41) is 27.1. The van der Waals surface area contributed by atoms with E-state index in [2.05, 4.69) is 30.8 Å². The molecule has 0 spiro atoms. The van der Waals surface area contributed by atoms with E-state index < -0.39 is 12.0 Å². The van der Waals surface area contributed by atoms with E-state index in [9.17, 15) is 14.3 Å². The molecule has 1 aromatic heterocycles. The highest BCUT2D eigenvalue weighted by Gasteiger charge is 2.25.